The maximum absolute atomic E-state index is 12.9. The van der Waals surface area contributed by atoms with Crippen LogP contribution in [-0.4, -0.2) is 24.5 Å². The molecule has 0 saturated carbocycles. The number of nitrogens with zero attached hydrogens (tertiary/aromatic N) is 2. The van der Waals surface area contributed by atoms with Gasteiger partial charge in [-0.1, -0.05) is 42.5 Å². The maximum atomic E-state index is 12.9. The van der Waals surface area contributed by atoms with Crippen LogP contribution in [0.1, 0.15) is 11.3 Å². The Kier molecular flexibility index (Phi) is 8.66. The Hall–Kier alpha value is -2.00. The molecule has 0 aliphatic rings. The van der Waals surface area contributed by atoms with Crippen LogP contribution in [0.25, 0.3) is 10.6 Å². The van der Waals surface area contributed by atoms with Gasteiger partial charge >= 0.3 is 0 Å². The maximum Gasteiger partial charge on any atom is 0.191 e. The second kappa shape index (κ2) is 11.0. The van der Waals surface area contributed by atoms with Gasteiger partial charge in [0.1, 0.15) is 10.8 Å². The Morgan fingerprint density at radius 3 is 2.52 bits per heavy atom. The lowest BCUT2D eigenvalue weighted by atomic mass is 10.1. The molecule has 0 spiro atoms. The van der Waals surface area contributed by atoms with Crippen LogP contribution in [0.3, 0.4) is 0 Å². The Morgan fingerprint density at radius 2 is 1.81 bits per heavy atom. The molecule has 0 radical (unpaired) electrons. The number of guanidine groups is 1. The Labute approximate surface area is 180 Å². The Balaban J connectivity index is 0.00000261. The minimum atomic E-state index is -0.211. The molecule has 1 heterocycles. The molecule has 2 aromatic carbocycles. The van der Waals surface area contributed by atoms with Crippen molar-refractivity contribution in [2.24, 2.45) is 4.99 Å². The highest BCUT2D eigenvalue weighted by Crippen LogP contribution is 2.23. The van der Waals surface area contributed by atoms with E-state index in [1.165, 1.54) is 12.1 Å². The monoisotopic (exact) mass is 496 g/mol. The summed E-state index contributed by atoms with van der Waals surface area (Å²) in [4.78, 5) is 8.88. The summed E-state index contributed by atoms with van der Waals surface area (Å²) in [6, 6.07) is 16.7. The van der Waals surface area contributed by atoms with Gasteiger partial charge in [0, 0.05) is 24.5 Å². The van der Waals surface area contributed by atoms with Crippen LogP contribution >= 0.6 is 35.3 Å². The van der Waals surface area contributed by atoms with E-state index in [-0.39, 0.29) is 29.8 Å². The lowest BCUT2D eigenvalue weighted by molar-refractivity contribution is 0.626. The topological polar surface area (TPSA) is 49.3 Å². The van der Waals surface area contributed by atoms with Crippen molar-refractivity contribution in [3.05, 3.63) is 77.1 Å². The van der Waals surface area contributed by atoms with Gasteiger partial charge in [-0.05, 0) is 24.1 Å². The van der Waals surface area contributed by atoms with Crippen LogP contribution in [0.2, 0.25) is 0 Å². The van der Waals surface area contributed by atoms with Gasteiger partial charge in [-0.3, -0.25) is 4.99 Å². The zero-order valence-electron chi connectivity index (χ0n) is 15.0. The predicted octanol–water partition coefficient (Wildman–Crippen LogP) is 4.47. The number of nitrogens with one attached hydrogen (secondary N) is 2. The van der Waals surface area contributed by atoms with Gasteiger partial charge in [-0.15, -0.1) is 35.3 Å². The second-order valence-electron chi connectivity index (χ2n) is 5.74. The molecule has 0 unspecified atom stereocenters. The molecule has 0 fully saturated rings. The largest absolute Gasteiger partial charge is 0.356 e. The van der Waals surface area contributed by atoms with E-state index in [0.29, 0.717) is 6.54 Å². The minimum absolute atomic E-state index is 0. The first-order valence-electron chi connectivity index (χ1n) is 8.43. The zero-order chi connectivity index (χ0) is 18.2. The standard InChI is InChI=1S/C20H21FN4S.HI/c1-22-20(23-12-11-15-7-9-17(21)10-8-15)24-13-18-14-26-19(25-18)16-5-3-2-4-6-16;/h2-10,14H,11-13H2,1H3,(H2,22,23,24);1H. The van der Waals surface area contributed by atoms with Crippen LogP contribution in [-0.2, 0) is 13.0 Å². The first-order chi connectivity index (χ1) is 12.7. The lowest BCUT2D eigenvalue weighted by Crippen LogP contribution is -2.37. The van der Waals surface area contributed by atoms with Crippen LogP contribution in [0.5, 0.6) is 0 Å². The van der Waals surface area contributed by atoms with Crippen molar-refractivity contribution in [3.8, 4) is 10.6 Å². The van der Waals surface area contributed by atoms with E-state index in [0.717, 1.165) is 40.8 Å². The molecule has 1 aromatic heterocycles. The van der Waals surface area contributed by atoms with Crippen molar-refractivity contribution in [3.63, 3.8) is 0 Å². The number of hydrogen-bond donors (Lipinski definition) is 2. The van der Waals surface area contributed by atoms with Crippen molar-refractivity contribution >= 4 is 41.3 Å². The van der Waals surface area contributed by atoms with E-state index in [9.17, 15) is 4.39 Å². The summed E-state index contributed by atoms with van der Waals surface area (Å²) >= 11 is 1.64. The molecule has 7 heteroatoms. The fraction of sp³-hybridized carbons (Fsp3) is 0.200. The SMILES string of the molecule is CN=C(NCCc1ccc(F)cc1)NCc1csc(-c2ccccc2)n1.I. The molecule has 0 saturated heterocycles. The smallest absolute Gasteiger partial charge is 0.191 e. The molecular weight excluding hydrogens is 474 g/mol. The second-order valence-corrected chi connectivity index (χ2v) is 6.60. The van der Waals surface area contributed by atoms with Gasteiger partial charge in [0.2, 0.25) is 0 Å². The highest BCUT2D eigenvalue weighted by molar-refractivity contribution is 14.0. The summed E-state index contributed by atoms with van der Waals surface area (Å²) in [6.45, 7) is 1.33. The molecule has 0 bridgehead atoms. The quantitative estimate of drug-likeness (QED) is 0.301. The average molecular weight is 496 g/mol. The van der Waals surface area contributed by atoms with E-state index >= 15 is 0 Å². The Bertz CT molecular complexity index is 850. The van der Waals surface area contributed by atoms with Crippen molar-refractivity contribution in [2.45, 2.75) is 13.0 Å². The van der Waals surface area contributed by atoms with E-state index in [2.05, 4.69) is 38.1 Å². The minimum Gasteiger partial charge on any atom is -0.356 e. The summed E-state index contributed by atoms with van der Waals surface area (Å²) in [5.41, 5.74) is 3.20. The number of hydrogen-bond acceptors (Lipinski definition) is 3. The predicted molar refractivity (Wildman–Crippen MR) is 121 cm³/mol. The van der Waals surface area contributed by atoms with Crippen LogP contribution in [0.15, 0.2) is 65.0 Å². The molecule has 0 aliphatic heterocycles. The first kappa shape index (κ1) is 21.3. The van der Waals surface area contributed by atoms with Gasteiger partial charge in [-0.25, -0.2) is 9.37 Å². The highest BCUT2D eigenvalue weighted by Gasteiger charge is 2.05. The van der Waals surface area contributed by atoms with Gasteiger partial charge in [0.15, 0.2) is 5.96 Å². The van der Waals surface area contributed by atoms with Crippen molar-refractivity contribution in [2.75, 3.05) is 13.6 Å². The van der Waals surface area contributed by atoms with Crippen molar-refractivity contribution in [1.82, 2.24) is 15.6 Å². The van der Waals surface area contributed by atoms with Crippen molar-refractivity contribution in [1.29, 1.82) is 0 Å². The fourth-order valence-electron chi connectivity index (χ4n) is 2.47. The summed E-state index contributed by atoms with van der Waals surface area (Å²) in [6.07, 6.45) is 0.801. The van der Waals surface area contributed by atoms with Crippen LogP contribution < -0.4 is 10.6 Å². The number of aromatic nitrogens is 1. The van der Waals surface area contributed by atoms with Crippen LogP contribution in [0, 0.1) is 5.82 Å². The molecule has 3 aromatic rings. The molecule has 27 heavy (non-hydrogen) atoms. The van der Waals surface area contributed by atoms with Gasteiger partial charge in [-0.2, -0.15) is 0 Å². The zero-order valence-corrected chi connectivity index (χ0v) is 18.1. The first-order valence-corrected chi connectivity index (χ1v) is 9.31. The van der Waals surface area contributed by atoms with Gasteiger partial charge in [0.05, 0.1) is 12.2 Å². The Morgan fingerprint density at radius 1 is 1.07 bits per heavy atom. The summed E-state index contributed by atoms with van der Waals surface area (Å²) < 4.78 is 12.9. The molecular formula is C20H22FIN4S. The lowest BCUT2D eigenvalue weighted by Gasteiger charge is -2.11. The number of thiazole rings is 1. The van der Waals surface area contributed by atoms with E-state index < -0.39 is 0 Å². The third-order valence-electron chi connectivity index (χ3n) is 3.85. The number of benzene rings is 2. The van der Waals surface area contributed by atoms with E-state index in [1.807, 2.05) is 18.2 Å². The normalized spacial score (nSPS) is 11.0. The van der Waals surface area contributed by atoms with E-state index in [4.69, 9.17) is 0 Å². The van der Waals surface area contributed by atoms with Crippen LogP contribution in [0.4, 0.5) is 4.39 Å². The van der Waals surface area contributed by atoms with Gasteiger partial charge < -0.3 is 10.6 Å². The number of halogens is 2. The molecule has 3 rings (SSSR count). The fourth-order valence-corrected chi connectivity index (χ4v) is 3.30. The molecule has 4 nitrogen and oxygen atoms in total. The molecule has 2 N–H and O–H groups in total. The number of aliphatic imine (C=N–C) groups is 1. The third-order valence-corrected chi connectivity index (χ3v) is 4.79. The summed E-state index contributed by atoms with van der Waals surface area (Å²) in [7, 11) is 1.74. The molecule has 0 amide bonds. The highest BCUT2D eigenvalue weighted by atomic mass is 127. The molecule has 0 aliphatic carbocycles. The van der Waals surface area contributed by atoms with Gasteiger partial charge in [0.25, 0.3) is 0 Å². The third kappa shape index (κ3) is 6.59. The molecule has 0 atom stereocenters. The average Bonchev–Trinajstić information content (AvgIpc) is 3.16. The molecule has 142 valence electrons. The number of rotatable bonds is 6. The summed E-state index contributed by atoms with van der Waals surface area (Å²) in [5, 5.41) is 9.60. The van der Waals surface area contributed by atoms with Crippen molar-refractivity contribution < 1.29 is 4.39 Å². The summed E-state index contributed by atoms with van der Waals surface area (Å²) in [5.74, 6) is 0.513. The van der Waals surface area contributed by atoms with E-state index in [1.54, 1.807) is 30.5 Å².